The molecule has 0 aromatic heterocycles. The maximum atomic E-state index is 14.2. The number of nitrogens with zero attached hydrogens (tertiary/aromatic N) is 1. The Morgan fingerprint density at radius 1 is 1.14 bits per heavy atom. The molecule has 1 heterocycles. The lowest BCUT2D eigenvalue weighted by molar-refractivity contribution is -0.118. The van der Waals surface area contributed by atoms with Crippen LogP contribution in [0.5, 0.6) is 0 Å². The zero-order chi connectivity index (χ0) is 15.5. The minimum atomic E-state index is -3.14. The fraction of sp³-hybridized carbons (Fsp3) is 0.625. The lowest BCUT2D eigenvalue weighted by atomic mass is 9.95. The highest BCUT2D eigenvalue weighted by Crippen LogP contribution is 2.36. The van der Waals surface area contributed by atoms with Gasteiger partial charge in [-0.25, -0.2) is 8.78 Å². The highest BCUT2D eigenvalue weighted by atomic mass is 19.3. The van der Waals surface area contributed by atoms with Gasteiger partial charge in [0, 0.05) is 26.2 Å². The number of benzene rings is 1. The molecule has 2 rings (SSSR count). The molecule has 1 atom stereocenters. The number of hydrogen-bond donors (Lipinski definition) is 2. The van der Waals surface area contributed by atoms with Gasteiger partial charge in [0.15, 0.2) is 0 Å². The summed E-state index contributed by atoms with van der Waals surface area (Å²) < 4.78 is 28.5. The van der Waals surface area contributed by atoms with Crippen molar-refractivity contribution in [3.63, 3.8) is 0 Å². The van der Waals surface area contributed by atoms with Crippen LogP contribution in [0.4, 0.5) is 8.78 Å². The smallest absolute Gasteiger partial charge is 0.289 e. The third kappa shape index (κ3) is 3.78. The van der Waals surface area contributed by atoms with Crippen LogP contribution < -0.4 is 5.32 Å². The van der Waals surface area contributed by atoms with E-state index < -0.39 is 18.6 Å². The van der Waals surface area contributed by atoms with Gasteiger partial charge in [0.2, 0.25) is 0 Å². The van der Waals surface area contributed by atoms with Crippen molar-refractivity contribution >= 4 is 0 Å². The number of nitrogens with one attached hydrogen (secondary N) is 1. The molecule has 1 aliphatic heterocycles. The van der Waals surface area contributed by atoms with Gasteiger partial charge in [-0.05, 0) is 17.0 Å². The van der Waals surface area contributed by atoms with Crippen molar-refractivity contribution in [3.05, 3.63) is 35.4 Å². The first-order valence-electron chi connectivity index (χ1n) is 7.49. The molecule has 1 aromatic carbocycles. The quantitative estimate of drug-likeness (QED) is 0.876. The molecule has 21 heavy (non-hydrogen) atoms. The second-order valence-corrected chi connectivity index (χ2v) is 5.93. The summed E-state index contributed by atoms with van der Waals surface area (Å²) in [6, 6.07) is 6.29. The van der Waals surface area contributed by atoms with Crippen LogP contribution in [0, 0.1) is 0 Å². The van der Waals surface area contributed by atoms with Crippen molar-refractivity contribution in [2.45, 2.75) is 31.7 Å². The number of aliphatic hydroxyl groups excluding tert-OH is 1. The van der Waals surface area contributed by atoms with E-state index in [1.54, 1.807) is 17.0 Å². The fourth-order valence-corrected chi connectivity index (χ4v) is 2.81. The first kappa shape index (κ1) is 16.3. The average Bonchev–Trinajstić information content (AvgIpc) is 2.49. The number of hydrogen-bond acceptors (Lipinski definition) is 3. The van der Waals surface area contributed by atoms with Crippen molar-refractivity contribution in [2.24, 2.45) is 0 Å². The molecule has 1 fully saturated rings. The van der Waals surface area contributed by atoms with E-state index in [4.69, 9.17) is 5.11 Å². The summed E-state index contributed by atoms with van der Waals surface area (Å²) >= 11 is 0. The molecule has 2 N–H and O–H groups in total. The van der Waals surface area contributed by atoms with Crippen LogP contribution in [-0.2, 0) is 0 Å². The zero-order valence-electron chi connectivity index (χ0n) is 12.6. The largest absolute Gasteiger partial charge is 0.390 e. The van der Waals surface area contributed by atoms with Crippen LogP contribution in [0.1, 0.15) is 36.9 Å². The molecule has 0 spiro atoms. The second-order valence-electron chi connectivity index (χ2n) is 5.93. The fourth-order valence-electron chi connectivity index (χ4n) is 2.81. The number of halogens is 2. The van der Waals surface area contributed by atoms with Crippen molar-refractivity contribution in [1.82, 2.24) is 10.2 Å². The van der Waals surface area contributed by atoms with Gasteiger partial charge < -0.3 is 10.4 Å². The summed E-state index contributed by atoms with van der Waals surface area (Å²) in [5.41, 5.74) is 1.70. The Hall–Kier alpha value is -1.04. The third-order valence-electron chi connectivity index (χ3n) is 4.05. The van der Waals surface area contributed by atoms with Gasteiger partial charge in [-0.15, -0.1) is 0 Å². The summed E-state index contributed by atoms with van der Waals surface area (Å²) in [4.78, 5) is 1.76. The second kappa shape index (κ2) is 6.81. The monoisotopic (exact) mass is 298 g/mol. The van der Waals surface area contributed by atoms with Crippen LogP contribution in [-0.4, -0.2) is 48.7 Å². The highest BCUT2D eigenvalue weighted by Gasteiger charge is 2.43. The standard InChI is InChI=1S/C16H24F2N2O/c1-12(2)13-3-5-14(6-4-13)15(16(17,18)11-21)20-9-7-19-8-10-20/h3-6,12,15,19,21H,7-11H2,1-2H3/t15-/m1/s1. The number of alkyl halides is 2. The van der Waals surface area contributed by atoms with Crippen molar-refractivity contribution in [3.8, 4) is 0 Å². The Labute approximate surface area is 125 Å². The predicted octanol–water partition coefficient (Wildman–Crippen LogP) is 2.38. The van der Waals surface area contributed by atoms with E-state index >= 15 is 0 Å². The summed E-state index contributed by atoms with van der Waals surface area (Å²) in [6.07, 6.45) is 0. The molecule has 0 bridgehead atoms. The summed E-state index contributed by atoms with van der Waals surface area (Å²) in [7, 11) is 0. The lowest BCUT2D eigenvalue weighted by Gasteiger charge is -2.38. The van der Waals surface area contributed by atoms with Gasteiger partial charge in [-0.1, -0.05) is 38.1 Å². The molecule has 1 saturated heterocycles. The number of aliphatic hydroxyl groups is 1. The van der Waals surface area contributed by atoms with E-state index in [2.05, 4.69) is 19.2 Å². The molecule has 0 amide bonds. The molecule has 118 valence electrons. The van der Waals surface area contributed by atoms with Crippen LogP contribution >= 0.6 is 0 Å². The Kier molecular flexibility index (Phi) is 5.30. The number of rotatable bonds is 5. The molecule has 3 nitrogen and oxygen atoms in total. The molecule has 0 unspecified atom stereocenters. The van der Waals surface area contributed by atoms with Crippen LogP contribution in [0.25, 0.3) is 0 Å². The van der Waals surface area contributed by atoms with Crippen molar-refractivity contribution in [2.75, 3.05) is 32.8 Å². The molecule has 5 heteroatoms. The first-order chi connectivity index (χ1) is 9.95. The SMILES string of the molecule is CC(C)c1ccc([C@@H](N2CCNCC2)C(F)(F)CO)cc1. The van der Waals surface area contributed by atoms with Gasteiger partial charge in [0.1, 0.15) is 12.6 Å². The minimum Gasteiger partial charge on any atom is -0.390 e. The van der Waals surface area contributed by atoms with Gasteiger partial charge in [-0.2, -0.15) is 0 Å². The summed E-state index contributed by atoms with van der Waals surface area (Å²) in [5.74, 6) is -2.77. The first-order valence-corrected chi connectivity index (χ1v) is 7.49. The maximum absolute atomic E-state index is 14.2. The zero-order valence-corrected chi connectivity index (χ0v) is 12.6. The molecule has 0 saturated carbocycles. The van der Waals surface area contributed by atoms with Gasteiger partial charge in [0.05, 0.1) is 0 Å². The molecular formula is C16H24F2N2O. The Morgan fingerprint density at radius 2 is 1.67 bits per heavy atom. The minimum absolute atomic E-state index is 0.370. The average molecular weight is 298 g/mol. The molecule has 0 aliphatic carbocycles. The molecule has 1 aromatic rings. The Balaban J connectivity index is 2.29. The van der Waals surface area contributed by atoms with Crippen molar-refractivity contribution < 1.29 is 13.9 Å². The lowest BCUT2D eigenvalue weighted by Crippen LogP contribution is -2.51. The highest BCUT2D eigenvalue weighted by molar-refractivity contribution is 5.28. The molecular weight excluding hydrogens is 274 g/mol. The number of piperazine rings is 1. The Bertz CT molecular complexity index is 442. The molecule has 1 aliphatic rings. The van der Waals surface area contributed by atoms with E-state index in [9.17, 15) is 8.78 Å². The Morgan fingerprint density at radius 3 is 2.14 bits per heavy atom. The van der Waals surface area contributed by atoms with E-state index in [-0.39, 0.29) is 0 Å². The normalized spacial score (nSPS) is 19.0. The topological polar surface area (TPSA) is 35.5 Å². The van der Waals surface area contributed by atoms with Crippen LogP contribution in [0.3, 0.4) is 0 Å². The predicted molar refractivity (Wildman–Crippen MR) is 79.7 cm³/mol. The summed E-state index contributed by atoms with van der Waals surface area (Å²) in [5, 5.41) is 12.3. The van der Waals surface area contributed by atoms with Crippen LogP contribution in [0.2, 0.25) is 0 Å². The maximum Gasteiger partial charge on any atom is 0.289 e. The van der Waals surface area contributed by atoms with E-state index in [1.165, 1.54) is 0 Å². The van der Waals surface area contributed by atoms with Gasteiger partial charge in [-0.3, -0.25) is 4.90 Å². The molecule has 0 radical (unpaired) electrons. The van der Waals surface area contributed by atoms with Gasteiger partial charge in [0.25, 0.3) is 5.92 Å². The summed E-state index contributed by atoms with van der Waals surface area (Å²) in [6.45, 7) is 5.53. The van der Waals surface area contributed by atoms with Crippen LogP contribution in [0.15, 0.2) is 24.3 Å². The third-order valence-corrected chi connectivity index (χ3v) is 4.05. The van der Waals surface area contributed by atoms with E-state index in [0.29, 0.717) is 37.7 Å². The van der Waals surface area contributed by atoms with Gasteiger partial charge >= 0.3 is 0 Å². The van der Waals surface area contributed by atoms with E-state index in [1.807, 2.05) is 12.1 Å². The van der Waals surface area contributed by atoms with Crippen molar-refractivity contribution in [1.29, 1.82) is 0 Å². The van der Waals surface area contributed by atoms with E-state index in [0.717, 1.165) is 5.56 Å².